The molecule has 1 aromatic heterocycles. The minimum absolute atomic E-state index is 0.142. The number of sulfonamides is 1. The van der Waals surface area contributed by atoms with Crippen LogP contribution in [0.15, 0.2) is 65.6 Å². The van der Waals surface area contributed by atoms with Crippen molar-refractivity contribution >= 4 is 32.4 Å². The van der Waals surface area contributed by atoms with E-state index in [9.17, 15) is 13.2 Å². The van der Waals surface area contributed by atoms with E-state index < -0.39 is 10.0 Å². The van der Waals surface area contributed by atoms with Gasteiger partial charge in [-0.1, -0.05) is 59.9 Å². The van der Waals surface area contributed by atoms with Crippen molar-refractivity contribution in [2.75, 3.05) is 4.72 Å². The Kier molecular flexibility index (Phi) is 5.34. The molecule has 0 unspecified atom stereocenters. The van der Waals surface area contributed by atoms with Crippen molar-refractivity contribution < 1.29 is 13.2 Å². The Labute approximate surface area is 156 Å². The lowest BCUT2D eigenvalue weighted by atomic mass is 10.2. The number of nitrogens with zero attached hydrogens (tertiary/aromatic N) is 1. The number of hydrogen-bond acceptors (Lipinski definition) is 5. The fourth-order valence-electron chi connectivity index (χ4n) is 2.28. The van der Waals surface area contributed by atoms with Crippen molar-refractivity contribution in [2.24, 2.45) is 0 Å². The summed E-state index contributed by atoms with van der Waals surface area (Å²) in [5.74, 6) is -0.283. The second kappa shape index (κ2) is 7.67. The molecule has 0 atom stereocenters. The predicted molar refractivity (Wildman–Crippen MR) is 102 cm³/mol. The van der Waals surface area contributed by atoms with Crippen LogP contribution in [0.4, 0.5) is 5.13 Å². The Morgan fingerprint density at radius 2 is 1.65 bits per heavy atom. The first-order chi connectivity index (χ1) is 12.5. The van der Waals surface area contributed by atoms with E-state index in [1.807, 2.05) is 30.3 Å². The molecule has 1 heterocycles. The number of carbonyl (C=O) groups excluding carboxylic acids is 1. The summed E-state index contributed by atoms with van der Waals surface area (Å²) in [4.78, 5) is 17.1. The Hall–Kier alpha value is -2.71. The van der Waals surface area contributed by atoms with E-state index in [1.54, 1.807) is 25.1 Å². The summed E-state index contributed by atoms with van der Waals surface area (Å²) in [7, 11) is -3.73. The lowest BCUT2D eigenvalue weighted by molar-refractivity contribution is 0.0954. The second-order valence-corrected chi connectivity index (χ2v) is 8.20. The smallest absolute Gasteiger partial charge is 0.263 e. The molecule has 2 aromatic carbocycles. The average Bonchev–Trinajstić information content (AvgIpc) is 3.01. The third kappa shape index (κ3) is 4.27. The number of rotatable bonds is 6. The zero-order chi connectivity index (χ0) is 18.6. The van der Waals surface area contributed by atoms with Crippen LogP contribution in [0.3, 0.4) is 0 Å². The fraction of sp³-hybridized carbons (Fsp3) is 0.111. The number of amides is 1. The topological polar surface area (TPSA) is 88.2 Å². The maximum Gasteiger partial charge on any atom is 0.263 e. The molecule has 3 aromatic rings. The first-order valence-corrected chi connectivity index (χ1v) is 10.1. The maximum absolute atomic E-state index is 12.4. The molecule has 0 aliphatic carbocycles. The average molecular weight is 387 g/mol. The molecule has 0 fully saturated rings. The highest BCUT2D eigenvalue weighted by Gasteiger charge is 2.20. The SMILES string of the molecule is Cc1nc(NS(=O)(=O)c2ccccc2)sc1C(=O)NCc1ccccc1. The highest BCUT2D eigenvalue weighted by atomic mass is 32.2. The minimum atomic E-state index is -3.73. The van der Waals surface area contributed by atoms with Crippen LogP contribution in [0, 0.1) is 6.92 Å². The Bertz CT molecular complexity index is 1000. The van der Waals surface area contributed by atoms with E-state index in [-0.39, 0.29) is 15.9 Å². The normalized spacial score (nSPS) is 11.1. The van der Waals surface area contributed by atoms with E-state index in [2.05, 4.69) is 15.0 Å². The second-order valence-electron chi connectivity index (χ2n) is 5.52. The summed E-state index contributed by atoms with van der Waals surface area (Å²) in [6, 6.07) is 17.6. The third-order valence-electron chi connectivity index (χ3n) is 3.57. The van der Waals surface area contributed by atoms with E-state index >= 15 is 0 Å². The molecule has 26 heavy (non-hydrogen) atoms. The summed E-state index contributed by atoms with van der Waals surface area (Å²) in [5.41, 5.74) is 1.46. The molecule has 2 N–H and O–H groups in total. The van der Waals surface area contributed by atoms with Gasteiger partial charge in [0, 0.05) is 6.54 Å². The number of carbonyl (C=O) groups is 1. The number of aryl methyl sites for hydroxylation is 1. The first kappa shape index (κ1) is 18.1. The lowest BCUT2D eigenvalue weighted by Gasteiger charge is -2.04. The van der Waals surface area contributed by atoms with Crippen molar-refractivity contribution in [3.05, 3.63) is 76.8 Å². The Balaban J connectivity index is 1.71. The van der Waals surface area contributed by atoms with Crippen molar-refractivity contribution in [3.8, 4) is 0 Å². The molecule has 1 amide bonds. The summed E-state index contributed by atoms with van der Waals surface area (Å²) >= 11 is 1.01. The van der Waals surface area contributed by atoms with Crippen molar-refractivity contribution in [3.63, 3.8) is 0 Å². The number of thiazole rings is 1. The van der Waals surface area contributed by atoms with Gasteiger partial charge in [-0.15, -0.1) is 0 Å². The minimum Gasteiger partial charge on any atom is -0.347 e. The molecule has 134 valence electrons. The molecule has 8 heteroatoms. The molecule has 6 nitrogen and oxygen atoms in total. The van der Waals surface area contributed by atoms with Crippen LogP contribution in [0.2, 0.25) is 0 Å². The molecule has 0 aliphatic rings. The summed E-state index contributed by atoms with van der Waals surface area (Å²) < 4.78 is 27.1. The van der Waals surface area contributed by atoms with Crippen LogP contribution in [-0.2, 0) is 16.6 Å². The molecule has 0 aliphatic heterocycles. The third-order valence-corrected chi connectivity index (χ3v) is 6.13. The van der Waals surface area contributed by atoms with Crippen LogP contribution in [0.25, 0.3) is 0 Å². The van der Waals surface area contributed by atoms with E-state index in [0.29, 0.717) is 17.1 Å². The highest BCUT2D eigenvalue weighted by Crippen LogP contribution is 2.25. The number of benzene rings is 2. The number of hydrogen-bond donors (Lipinski definition) is 2. The summed E-state index contributed by atoms with van der Waals surface area (Å²) in [6.07, 6.45) is 0. The van der Waals surface area contributed by atoms with Gasteiger partial charge >= 0.3 is 0 Å². The number of aromatic nitrogens is 1. The Morgan fingerprint density at radius 1 is 1.04 bits per heavy atom. The van der Waals surface area contributed by atoms with Crippen molar-refractivity contribution in [1.29, 1.82) is 0 Å². The lowest BCUT2D eigenvalue weighted by Crippen LogP contribution is -2.22. The van der Waals surface area contributed by atoms with Gasteiger partial charge in [-0.2, -0.15) is 0 Å². The van der Waals surface area contributed by atoms with Gasteiger partial charge in [0.15, 0.2) is 5.13 Å². The van der Waals surface area contributed by atoms with E-state index in [4.69, 9.17) is 0 Å². The van der Waals surface area contributed by atoms with Crippen molar-refractivity contribution in [2.45, 2.75) is 18.4 Å². The molecule has 0 saturated heterocycles. The largest absolute Gasteiger partial charge is 0.347 e. The maximum atomic E-state index is 12.4. The number of nitrogens with one attached hydrogen (secondary N) is 2. The van der Waals surface area contributed by atoms with Crippen LogP contribution in [-0.4, -0.2) is 19.3 Å². The van der Waals surface area contributed by atoms with Gasteiger partial charge in [0.1, 0.15) is 4.88 Å². The van der Waals surface area contributed by atoms with Crippen molar-refractivity contribution in [1.82, 2.24) is 10.3 Å². The van der Waals surface area contributed by atoms with Gasteiger partial charge in [-0.05, 0) is 24.6 Å². The standard InChI is InChI=1S/C18H17N3O3S2/c1-13-16(17(22)19-12-14-8-4-2-5-9-14)25-18(20-13)21-26(23,24)15-10-6-3-7-11-15/h2-11H,12H2,1H3,(H,19,22)(H,20,21). The Morgan fingerprint density at radius 3 is 2.31 bits per heavy atom. The molecular formula is C18H17N3O3S2. The van der Waals surface area contributed by atoms with Crippen LogP contribution >= 0.6 is 11.3 Å². The summed E-state index contributed by atoms with van der Waals surface area (Å²) in [6.45, 7) is 2.07. The molecule has 0 spiro atoms. The van der Waals surface area contributed by atoms with Crippen LogP contribution < -0.4 is 10.0 Å². The summed E-state index contributed by atoms with van der Waals surface area (Å²) in [5, 5.41) is 2.98. The number of anilines is 1. The van der Waals surface area contributed by atoms with Gasteiger partial charge in [0.25, 0.3) is 15.9 Å². The zero-order valence-corrected chi connectivity index (χ0v) is 15.6. The van der Waals surface area contributed by atoms with Gasteiger partial charge in [0.05, 0.1) is 10.6 Å². The predicted octanol–water partition coefficient (Wildman–Crippen LogP) is 3.18. The first-order valence-electron chi connectivity index (χ1n) is 7.83. The zero-order valence-electron chi connectivity index (χ0n) is 14.0. The van der Waals surface area contributed by atoms with E-state index in [1.165, 1.54) is 12.1 Å². The molecule has 3 rings (SSSR count). The molecule has 0 bridgehead atoms. The van der Waals surface area contributed by atoms with Crippen LogP contribution in [0.5, 0.6) is 0 Å². The van der Waals surface area contributed by atoms with Crippen LogP contribution in [0.1, 0.15) is 20.9 Å². The fourth-order valence-corrected chi connectivity index (χ4v) is 4.42. The highest BCUT2D eigenvalue weighted by molar-refractivity contribution is 7.93. The molecule has 0 saturated carbocycles. The van der Waals surface area contributed by atoms with Gasteiger partial charge in [0.2, 0.25) is 0 Å². The van der Waals surface area contributed by atoms with Gasteiger partial charge < -0.3 is 5.32 Å². The molecular weight excluding hydrogens is 370 g/mol. The van der Waals surface area contributed by atoms with E-state index in [0.717, 1.165) is 16.9 Å². The monoisotopic (exact) mass is 387 g/mol. The molecule has 0 radical (unpaired) electrons. The van der Waals surface area contributed by atoms with Gasteiger partial charge in [-0.3, -0.25) is 9.52 Å². The van der Waals surface area contributed by atoms with Gasteiger partial charge in [-0.25, -0.2) is 13.4 Å². The quantitative estimate of drug-likeness (QED) is 0.680.